The first kappa shape index (κ1) is 26.2. The van der Waals surface area contributed by atoms with Crippen LogP contribution < -0.4 is 4.74 Å². The zero-order valence-corrected chi connectivity index (χ0v) is 22.0. The molecule has 7 nitrogen and oxygen atoms in total. The normalized spacial score (nSPS) is 20.7. The van der Waals surface area contributed by atoms with E-state index in [0.29, 0.717) is 42.6 Å². The molecule has 2 heterocycles. The minimum Gasteiger partial charge on any atom is -0.507 e. The Morgan fingerprint density at radius 3 is 2.33 bits per heavy atom. The number of carbonyl (C=O) groups excluding carboxylic acids is 2. The summed E-state index contributed by atoms with van der Waals surface area (Å²) < 4.78 is 10.6. The molecule has 0 bridgehead atoms. The van der Waals surface area contributed by atoms with E-state index in [4.69, 9.17) is 21.1 Å². The van der Waals surface area contributed by atoms with Gasteiger partial charge >= 0.3 is 0 Å². The van der Waals surface area contributed by atoms with Crippen molar-refractivity contribution in [2.24, 2.45) is 0 Å². The van der Waals surface area contributed by atoms with Crippen LogP contribution in [0.25, 0.3) is 5.76 Å². The van der Waals surface area contributed by atoms with Gasteiger partial charge in [0.1, 0.15) is 11.5 Å². The lowest BCUT2D eigenvalue weighted by atomic mass is 9.85. The summed E-state index contributed by atoms with van der Waals surface area (Å²) in [4.78, 5) is 30.3. The number of Topliss-reactive ketones (excluding diaryl/α,β-unsaturated/α-hetero) is 1. The zero-order valence-electron chi connectivity index (χ0n) is 21.2. The minimum absolute atomic E-state index is 0.0451. The summed E-state index contributed by atoms with van der Waals surface area (Å²) in [6, 6.07) is 12.0. The Balaban J connectivity index is 1.76. The van der Waals surface area contributed by atoms with Crippen LogP contribution in [0.4, 0.5) is 0 Å². The SMILES string of the molecule is COc1ccc(C(O)=C2C(=O)C(=O)N(CCN3CCOCC3)[C@@H]2c2ccc(C(C)(C)C)cc2)cc1Cl. The smallest absolute Gasteiger partial charge is 0.295 e. The van der Waals surface area contributed by atoms with Gasteiger partial charge in [0.25, 0.3) is 11.7 Å². The molecule has 36 heavy (non-hydrogen) atoms. The van der Waals surface area contributed by atoms with E-state index in [1.54, 1.807) is 17.0 Å². The molecule has 192 valence electrons. The van der Waals surface area contributed by atoms with Gasteiger partial charge in [0.2, 0.25) is 0 Å². The standard InChI is InChI=1S/C28H33ClN2O5/c1-28(2,3)20-8-5-18(6-9-20)24-23(25(32)19-7-10-22(35-4)21(29)17-19)26(33)27(34)31(24)12-11-30-13-15-36-16-14-30/h5-10,17,24,32H,11-16H2,1-4H3/t24-/m1/s1. The second-order valence-corrected chi connectivity index (χ2v) is 10.6. The van der Waals surface area contributed by atoms with Gasteiger partial charge in [-0.2, -0.15) is 0 Å². The van der Waals surface area contributed by atoms with Crippen LogP contribution in [0.1, 0.15) is 43.5 Å². The van der Waals surface area contributed by atoms with Crippen molar-refractivity contribution in [3.8, 4) is 5.75 Å². The average molecular weight is 513 g/mol. The molecule has 4 rings (SSSR count). The number of likely N-dealkylation sites (tertiary alicyclic amines) is 1. The molecular weight excluding hydrogens is 480 g/mol. The van der Waals surface area contributed by atoms with Gasteiger partial charge in [0.15, 0.2) is 0 Å². The number of hydrogen-bond donors (Lipinski definition) is 1. The third-order valence-electron chi connectivity index (χ3n) is 6.82. The van der Waals surface area contributed by atoms with Crippen LogP contribution in [-0.2, 0) is 19.7 Å². The fourth-order valence-corrected chi connectivity index (χ4v) is 4.92. The van der Waals surface area contributed by atoms with Gasteiger partial charge in [-0.3, -0.25) is 14.5 Å². The number of rotatable bonds is 6. The van der Waals surface area contributed by atoms with Gasteiger partial charge in [-0.15, -0.1) is 0 Å². The summed E-state index contributed by atoms with van der Waals surface area (Å²) in [5, 5.41) is 11.6. The molecule has 0 saturated carbocycles. The second-order valence-electron chi connectivity index (χ2n) is 10.2. The molecule has 2 fully saturated rings. The van der Waals surface area contributed by atoms with Crippen molar-refractivity contribution < 1.29 is 24.2 Å². The van der Waals surface area contributed by atoms with E-state index in [9.17, 15) is 14.7 Å². The maximum absolute atomic E-state index is 13.3. The predicted octanol–water partition coefficient (Wildman–Crippen LogP) is 4.40. The van der Waals surface area contributed by atoms with Gasteiger partial charge in [0.05, 0.1) is 37.0 Å². The number of aliphatic hydroxyl groups is 1. The van der Waals surface area contributed by atoms with Crippen molar-refractivity contribution in [1.29, 1.82) is 0 Å². The molecule has 0 aromatic heterocycles. The lowest BCUT2D eigenvalue weighted by Crippen LogP contribution is -2.42. The Morgan fingerprint density at radius 2 is 1.75 bits per heavy atom. The number of halogens is 1. The number of hydrogen-bond acceptors (Lipinski definition) is 6. The highest BCUT2D eigenvalue weighted by molar-refractivity contribution is 6.46. The van der Waals surface area contributed by atoms with E-state index in [1.165, 1.54) is 13.2 Å². The largest absolute Gasteiger partial charge is 0.507 e. The summed E-state index contributed by atoms with van der Waals surface area (Å²) in [5.74, 6) is -1.12. The van der Waals surface area contributed by atoms with E-state index in [-0.39, 0.29) is 16.7 Å². The number of methoxy groups -OCH3 is 1. The van der Waals surface area contributed by atoms with Crippen LogP contribution in [0.3, 0.4) is 0 Å². The van der Waals surface area contributed by atoms with E-state index in [1.807, 2.05) is 24.3 Å². The van der Waals surface area contributed by atoms with E-state index < -0.39 is 17.7 Å². The summed E-state index contributed by atoms with van der Waals surface area (Å²) in [6.07, 6.45) is 0. The Morgan fingerprint density at radius 1 is 1.08 bits per heavy atom. The van der Waals surface area contributed by atoms with Crippen LogP contribution in [-0.4, -0.2) is 73.1 Å². The van der Waals surface area contributed by atoms with Crippen LogP contribution in [0, 0.1) is 0 Å². The molecule has 2 aliphatic rings. The monoisotopic (exact) mass is 512 g/mol. The molecule has 0 aliphatic carbocycles. The van der Waals surface area contributed by atoms with E-state index >= 15 is 0 Å². The van der Waals surface area contributed by atoms with Gasteiger partial charge < -0.3 is 19.5 Å². The van der Waals surface area contributed by atoms with Crippen LogP contribution >= 0.6 is 11.6 Å². The van der Waals surface area contributed by atoms with E-state index in [0.717, 1.165) is 24.2 Å². The number of benzene rings is 2. The Bertz CT molecular complexity index is 1160. The number of ether oxygens (including phenoxy) is 2. The third-order valence-corrected chi connectivity index (χ3v) is 7.11. The van der Waals surface area contributed by atoms with Crippen LogP contribution in [0.2, 0.25) is 5.02 Å². The van der Waals surface area contributed by atoms with Gasteiger partial charge in [-0.25, -0.2) is 0 Å². The van der Waals surface area contributed by atoms with Crippen LogP contribution in [0.5, 0.6) is 5.75 Å². The molecular formula is C28H33ClN2O5. The first-order valence-corrected chi connectivity index (χ1v) is 12.5. The number of amides is 1. The van der Waals surface area contributed by atoms with Crippen molar-refractivity contribution in [3.05, 3.63) is 69.8 Å². The Hall–Kier alpha value is -2.87. The maximum Gasteiger partial charge on any atom is 0.295 e. The maximum atomic E-state index is 13.3. The Labute approximate surface area is 217 Å². The molecule has 0 spiro atoms. The van der Waals surface area contributed by atoms with Crippen molar-refractivity contribution in [2.75, 3.05) is 46.5 Å². The molecule has 0 radical (unpaired) electrons. The highest BCUT2D eigenvalue weighted by Gasteiger charge is 2.46. The van der Waals surface area contributed by atoms with Gasteiger partial charge in [-0.1, -0.05) is 56.6 Å². The first-order valence-electron chi connectivity index (χ1n) is 12.1. The van der Waals surface area contributed by atoms with Crippen molar-refractivity contribution in [3.63, 3.8) is 0 Å². The lowest BCUT2D eigenvalue weighted by Gasteiger charge is -2.31. The average Bonchev–Trinajstić information content (AvgIpc) is 3.12. The molecule has 1 N–H and O–H groups in total. The molecule has 2 saturated heterocycles. The quantitative estimate of drug-likeness (QED) is 0.351. The highest BCUT2D eigenvalue weighted by atomic mass is 35.5. The molecule has 1 atom stereocenters. The lowest BCUT2D eigenvalue weighted by molar-refractivity contribution is -0.140. The molecule has 2 aliphatic heterocycles. The summed E-state index contributed by atoms with van der Waals surface area (Å²) in [6.45, 7) is 10.2. The van der Waals surface area contributed by atoms with Gasteiger partial charge in [-0.05, 0) is 34.7 Å². The fourth-order valence-electron chi connectivity index (χ4n) is 4.67. The Kier molecular flexibility index (Phi) is 7.73. The number of ketones is 1. The van der Waals surface area contributed by atoms with Crippen molar-refractivity contribution >= 4 is 29.1 Å². The molecule has 2 aromatic rings. The third kappa shape index (κ3) is 5.28. The molecule has 2 aromatic carbocycles. The molecule has 1 amide bonds. The van der Waals surface area contributed by atoms with Crippen molar-refractivity contribution in [1.82, 2.24) is 9.80 Å². The molecule has 0 unspecified atom stereocenters. The fraction of sp³-hybridized carbons (Fsp3) is 0.429. The molecule has 8 heteroatoms. The zero-order chi connectivity index (χ0) is 26.0. The number of aliphatic hydroxyl groups excluding tert-OH is 1. The van der Waals surface area contributed by atoms with Gasteiger partial charge in [0, 0.05) is 31.7 Å². The van der Waals surface area contributed by atoms with Crippen molar-refractivity contribution in [2.45, 2.75) is 32.2 Å². The van der Waals surface area contributed by atoms with E-state index in [2.05, 4.69) is 25.7 Å². The summed E-state index contributed by atoms with van der Waals surface area (Å²) in [5.41, 5.74) is 2.27. The number of carbonyl (C=O) groups is 2. The second kappa shape index (κ2) is 10.6. The summed E-state index contributed by atoms with van der Waals surface area (Å²) >= 11 is 6.29. The topological polar surface area (TPSA) is 79.3 Å². The number of morpholine rings is 1. The predicted molar refractivity (Wildman–Crippen MR) is 139 cm³/mol. The highest BCUT2D eigenvalue weighted by Crippen LogP contribution is 2.40. The minimum atomic E-state index is -0.707. The first-order chi connectivity index (χ1) is 17.1. The number of nitrogens with zero attached hydrogens (tertiary/aromatic N) is 2. The van der Waals surface area contributed by atoms with Crippen LogP contribution in [0.15, 0.2) is 48.0 Å². The summed E-state index contributed by atoms with van der Waals surface area (Å²) in [7, 11) is 1.50.